The van der Waals surface area contributed by atoms with E-state index in [2.05, 4.69) is 24.2 Å². The largest absolute Gasteiger partial charge is 0.481 e. The number of allylic oxidation sites excluding steroid dienone is 1. The van der Waals surface area contributed by atoms with Crippen LogP contribution in [0.5, 0.6) is 0 Å². The number of nitrogens with two attached hydrogens (primary N) is 3. The van der Waals surface area contributed by atoms with E-state index in [0.717, 1.165) is 23.4 Å². The molecule has 286 valence electrons. The molecule has 0 bridgehead atoms. The number of carbonyl (C=O) groups excluding carboxylic acids is 2. The average molecular weight is 786 g/mol. The fourth-order valence-electron chi connectivity index (χ4n) is 5.92. The zero-order valence-electron chi connectivity index (χ0n) is 26.9. The topological polar surface area (TPSA) is 374 Å². The summed E-state index contributed by atoms with van der Waals surface area (Å²) in [5.74, 6) is -1.86. The van der Waals surface area contributed by atoms with Crippen LogP contribution in [0.4, 0.5) is 5.82 Å². The molecular weight excluding hydrogens is 752 g/mol. The quantitative estimate of drug-likeness (QED) is 0.0798. The first-order chi connectivity index (χ1) is 24.9. The number of hydrogen-bond acceptors (Lipinski definition) is 19. The summed E-state index contributed by atoms with van der Waals surface area (Å²) in [5.41, 5.74) is 13.6. The van der Waals surface area contributed by atoms with Gasteiger partial charge in [-0.3, -0.25) is 28.2 Å². The Balaban J connectivity index is 1.19. The molecule has 3 aliphatic heterocycles. The van der Waals surface area contributed by atoms with Crippen LogP contribution in [0, 0.1) is 0 Å². The molecule has 2 amide bonds. The number of aliphatic hydroxyl groups is 4. The molecule has 0 aliphatic carbocycles. The number of aromatic nitrogens is 5. The first-order valence-electron chi connectivity index (χ1n) is 15.3. The lowest BCUT2D eigenvalue weighted by Crippen LogP contribution is -2.46. The van der Waals surface area contributed by atoms with Gasteiger partial charge in [0.25, 0.3) is 5.91 Å². The fraction of sp³-hybridized carbons (Fsp3) is 0.407. The Hall–Kier alpha value is -4.26. The molecule has 3 aromatic rings. The van der Waals surface area contributed by atoms with Crippen LogP contribution in [0.3, 0.4) is 0 Å². The summed E-state index contributed by atoms with van der Waals surface area (Å²) in [5, 5.41) is 43.7. The number of phosphoric acid groups is 2. The standard InChI is InChI=1S/C27H33N9O15P2/c28-21-15-24(33-10-32-21)36(11-34-15)26-18(39)20(40)27(50-26,19-13(23(30)42)4-1-5-31-19)9-48-53(45,46)51-52(43,44)47-8-14-16(37)17(38)25(49-14)35-6-2-3-12(7-35)22(29)41/h1-2,4-7,10-11,14,16-18,20,25-26,37-40H,3,8-9H2,(H2,29,41)(H2,30,42)(H,43,44)(H,45,46)(H2,28,32,33)/t14-,16-,17-,18-,20+,25-,26-,27+/m1/s1. The van der Waals surface area contributed by atoms with E-state index in [0.29, 0.717) is 0 Å². The van der Waals surface area contributed by atoms with Gasteiger partial charge in [0, 0.05) is 24.2 Å². The minimum atomic E-state index is -5.71. The van der Waals surface area contributed by atoms with Gasteiger partial charge in [0.1, 0.15) is 42.4 Å². The molecule has 6 heterocycles. The minimum Gasteiger partial charge on any atom is -0.387 e. The number of ether oxygens (including phenoxy) is 2. The minimum absolute atomic E-state index is 0.0330. The highest BCUT2D eigenvalue weighted by Crippen LogP contribution is 2.61. The van der Waals surface area contributed by atoms with Gasteiger partial charge in [-0.15, -0.1) is 0 Å². The first kappa shape index (κ1) is 38.5. The van der Waals surface area contributed by atoms with Crippen molar-refractivity contribution in [2.45, 2.75) is 55.0 Å². The van der Waals surface area contributed by atoms with E-state index in [1.54, 1.807) is 0 Å². The van der Waals surface area contributed by atoms with Gasteiger partial charge in [-0.1, -0.05) is 6.08 Å². The lowest BCUT2D eigenvalue weighted by molar-refractivity contribution is -0.133. The van der Waals surface area contributed by atoms with Crippen LogP contribution in [0.25, 0.3) is 11.2 Å². The lowest BCUT2D eigenvalue weighted by atomic mass is 9.89. The highest BCUT2D eigenvalue weighted by atomic mass is 31.3. The van der Waals surface area contributed by atoms with Crippen LogP contribution in [0.1, 0.15) is 28.7 Å². The van der Waals surface area contributed by atoms with Gasteiger partial charge >= 0.3 is 15.6 Å². The van der Waals surface area contributed by atoms with Crippen LogP contribution in [-0.2, 0) is 42.4 Å². The summed E-state index contributed by atoms with van der Waals surface area (Å²) in [4.78, 5) is 62.2. The smallest absolute Gasteiger partial charge is 0.387 e. The monoisotopic (exact) mass is 785 g/mol. The Morgan fingerprint density at radius 3 is 2.43 bits per heavy atom. The maximum Gasteiger partial charge on any atom is 0.481 e. The molecule has 0 aromatic carbocycles. The molecule has 2 saturated heterocycles. The fourth-order valence-corrected chi connectivity index (χ4v) is 8.04. The Morgan fingerprint density at radius 2 is 1.72 bits per heavy atom. The van der Waals surface area contributed by atoms with Crippen molar-refractivity contribution >= 4 is 44.4 Å². The second kappa shape index (κ2) is 14.5. The van der Waals surface area contributed by atoms with Crippen molar-refractivity contribution in [3.8, 4) is 0 Å². The van der Waals surface area contributed by atoms with Crippen LogP contribution >= 0.6 is 15.6 Å². The summed E-state index contributed by atoms with van der Waals surface area (Å²) >= 11 is 0. The zero-order valence-corrected chi connectivity index (χ0v) is 28.7. The Morgan fingerprint density at radius 1 is 0.981 bits per heavy atom. The number of primary amides is 2. The third-order valence-electron chi connectivity index (χ3n) is 8.48. The first-order valence-corrected chi connectivity index (χ1v) is 18.3. The maximum atomic E-state index is 13.1. The average Bonchev–Trinajstić information content (AvgIpc) is 3.75. The number of phosphoric ester groups is 2. The van der Waals surface area contributed by atoms with Crippen molar-refractivity contribution in [2.75, 3.05) is 18.9 Å². The van der Waals surface area contributed by atoms with Crippen molar-refractivity contribution in [1.82, 2.24) is 29.4 Å². The van der Waals surface area contributed by atoms with Gasteiger partial charge in [0.05, 0.1) is 30.8 Å². The van der Waals surface area contributed by atoms with Gasteiger partial charge in [-0.25, -0.2) is 24.1 Å². The van der Waals surface area contributed by atoms with Gasteiger partial charge in [-0.05, 0) is 18.6 Å². The molecule has 6 rings (SSSR count). The van der Waals surface area contributed by atoms with Gasteiger partial charge < -0.3 is 61.8 Å². The molecule has 53 heavy (non-hydrogen) atoms. The molecule has 0 radical (unpaired) electrons. The van der Waals surface area contributed by atoms with Crippen molar-refractivity contribution in [3.05, 3.63) is 66.3 Å². The van der Waals surface area contributed by atoms with Gasteiger partial charge in [-0.2, -0.15) is 4.31 Å². The van der Waals surface area contributed by atoms with E-state index in [9.17, 15) is 48.9 Å². The van der Waals surface area contributed by atoms with Crippen LogP contribution in [0.15, 0.2) is 55.0 Å². The summed E-state index contributed by atoms with van der Waals surface area (Å²) in [7, 11) is -11.3. The summed E-state index contributed by atoms with van der Waals surface area (Å²) in [6.45, 7) is -2.26. The molecule has 2 fully saturated rings. The number of nitrogens with zero attached hydrogens (tertiary/aromatic N) is 6. The highest BCUT2D eigenvalue weighted by Gasteiger charge is 2.59. The third-order valence-corrected chi connectivity index (χ3v) is 11.1. The molecule has 2 unspecified atom stereocenters. The van der Waals surface area contributed by atoms with Crippen molar-refractivity contribution in [1.29, 1.82) is 0 Å². The molecule has 26 heteroatoms. The summed E-state index contributed by atoms with van der Waals surface area (Å²) in [6.07, 6.45) is -3.92. The number of anilines is 1. The van der Waals surface area contributed by atoms with E-state index in [1.165, 1.54) is 35.5 Å². The molecule has 3 aromatic heterocycles. The second-order valence-corrected chi connectivity index (χ2v) is 14.9. The third kappa shape index (κ3) is 7.46. The molecule has 3 aliphatic rings. The molecule has 12 N–H and O–H groups in total. The molecule has 0 saturated carbocycles. The maximum absolute atomic E-state index is 13.1. The van der Waals surface area contributed by atoms with E-state index in [-0.39, 0.29) is 34.5 Å². The van der Waals surface area contributed by atoms with Crippen LogP contribution in [0.2, 0.25) is 0 Å². The zero-order chi connectivity index (χ0) is 38.5. The number of rotatable bonds is 13. The SMILES string of the molecule is NC(=O)C1=CN([C@@H]2O[C@H](COP(=O)(O)OP(=O)(O)OC[C@@]3(c4ncccc4C(N)=O)O[C@@H](n4cnc5c(N)ncnc54)[C@H](O)[C@@H]3O)[C@@H](O)[C@H]2O)C=CC1. The van der Waals surface area contributed by atoms with E-state index in [4.69, 9.17) is 35.7 Å². The number of amides is 2. The number of fused-ring (bicyclic) bond motifs is 1. The number of imidazole rings is 1. The summed E-state index contributed by atoms with van der Waals surface area (Å²) in [6, 6.07) is 2.49. The molecular formula is C27H33N9O15P2. The van der Waals surface area contributed by atoms with Crippen molar-refractivity contribution in [3.63, 3.8) is 0 Å². The van der Waals surface area contributed by atoms with Gasteiger partial charge in [0.15, 0.2) is 29.5 Å². The highest BCUT2D eigenvalue weighted by molar-refractivity contribution is 7.61. The molecule has 10 atom stereocenters. The van der Waals surface area contributed by atoms with E-state index >= 15 is 0 Å². The Labute approximate surface area is 297 Å². The van der Waals surface area contributed by atoms with Gasteiger partial charge in [0.2, 0.25) is 5.91 Å². The lowest BCUT2D eigenvalue weighted by Gasteiger charge is -2.32. The van der Waals surface area contributed by atoms with Crippen LogP contribution < -0.4 is 17.2 Å². The van der Waals surface area contributed by atoms with E-state index < -0.39 is 94.9 Å². The summed E-state index contributed by atoms with van der Waals surface area (Å²) < 4.78 is 52.9. The van der Waals surface area contributed by atoms with E-state index in [1.807, 2.05) is 0 Å². The number of pyridine rings is 1. The Bertz CT molecular complexity index is 2070. The number of hydrogen-bond donors (Lipinski definition) is 9. The molecule has 24 nitrogen and oxygen atoms in total. The van der Waals surface area contributed by atoms with Crippen molar-refractivity contribution < 1.29 is 71.8 Å². The number of nitrogen functional groups attached to an aromatic ring is 1. The van der Waals surface area contributed by atoms with Crippen molar-refractivity contribution in [2.24, 2.45) is 11.5 Å². The molecule has 0 spiro atoms. The predicted octanol–water partition coefficient (Wildman–Crippen LogP) is -2.67. The Kier molecular flexibility index (Phi) is 10.5. The second-order valence-electron chi connectivity index (χ2n) is 11.9. The predicted molar refractivity (Wildman–Crippen MR) is 172 cm³/mol. The van der Waals surface area contributed by atoms with Crippen LogP contribution in [-0.4, -0.2) is 121 Å². The normalized spacial score (nSPS) is 30.9. The number of aliphatic hydroxyl groups excluding tert-OH is 4. The number of carbonyl (C=O) groups is 2.